The maximum Gasteiger partial charge on any atom is 0.343 e. The third kappa shape index (κ3) is 4.64. The maximum absolute atomic E-state index is 12.3. The van der Waals surface area contributed by atoms with E-state index in [0.29, 0.717) is 28.6 Å². The van der Waals surface area contributed by atoms with Gasteiger partial charge in [0.15, 0.2) is 0 Å². The van der Waals surface area contributed by atoms with Crippen LogP contribution in [-0.2, 0) is 4.79 Å². The molecule has 26 heavy (non-hydrogen) atoms. The molecule has 1 aromatic heterocycles. The summed E-state index contributed by atoms with van der Waals surface area (Å²) in [6.45, 7) is 1.43. The molecule has 3 aromatic rings. The molecule has 0 saturated heterocycles. The van der Waals surface area contributed by atoms with Crippen molar-refractivity contribution in [1.82, 2.24) is 9.97 Å². The number of carbonyl (C=O) groups is 2. The zero-order valence-electron chi connectivity index (χ0n) is 14.0. The SMILES string of the molecule is CC(=O)Nc1ccc(OC(=O)c2cccc(Nc3ncccn3)c2)cc1. The predicted octanol–water partition coefficient (Wildman–Crippen LogP) is 3.40. The minimum absolute atomic E-state index is 0.165. The van der Waals surface area contributed by atoms with Crippen molar-refractivity contribution < 1.29 is 14.3 Å². The highest BCUT2D eigenvalue weighted by atomic mass is 16.5. The highest BCUT2D eigenvalue weighted by Gasteiger charge is 2.10. The second-order valence-corrected chi connectivity index (χ2v) is 5.37. The molecule has 7 nitrogen and oxygen atoms in total. The summed E-state index contributed by atoms with van der Waals surface area (Å²) in [6, 6.07) is 15.1. The van der Waals surface area contributed by atoms with Gasteiger partial charge >= 0.3 is 5.97 Å². The number of nitrogens with one attached hydrogen (secondary N) is 2. The van der Waals surface area contributed by atoms with Crippen LogP contribution in [0.4, 0.5) is 17.3 Å². The van der Waals surface area contributed by atoms with Gasteiger partial charge in [0.05, 0.1) is 5.56 Å². The summed E-state index contributed by atoms with van der Waals surface area (Å²) in [4.78, 5) is 31.5. The smallest absolute Gasteiger partial charge is 0.343 e. The number of aromatic nitrogens is 2. The van der Waals surface area contributed by atoms with Crippen LogP contribution in [0.5, 0.6) is 5.75 Å². The lowest BCUT2D eigenvalue weighted by atomic mass is 10.2. The van der Waals surface area contributed by atoms with Crippen molar-refractivity contribution >= 4 is 29.2 Å². The van der Waals surface area contributed by atoms with Crippen molar-refractivity contribution in [2.24, 2.45) is 0 Å². The zero-order chi connectivity index (χ0) is 18.4. The molecule has 1 heterocycles. The van der Waals surface area contributed by atoms with E-state index in [1.807, 2.05) is 0 Å². The van der Waals surface area contributed by atoms with Crippen LogP contribution < -0.4 is 15.4 Å². The van der Waals surface area contributed by atoms with Crippen molar-refractivity contribution in [3.8, 4) is 5.75 Å². The van der Waals surface area contributed by atoms with Crippen LogP contribution in [0.1, 0.15) is 17.3 Å². The van der Waals surface area contributed by atoms with E-state index in [-0.39, 0.29) is 5.91 Å². The summed E-state index contributed by atoms with van der Waals surface area (Å²) < 4.78 is 5.35. The topological polar surface area (TPSA) is 93.2 Å². The number of benzene rings is 2. The van der Waals surface area contributed by atoms with E-state index < -0.39 is 5.97 Å². The second kappa shape index (κ2) is 7.89. The number of nitrogens with zero attached hydrogens (tertiary/aromatic N) is 2. The van der Waals surface area contributed by atoms with Crippen LogP contribution in [0, 0.1) is 0 Å². The molecule has 2 aromatic carbocycles. The lowest BCUT2D eigenvalue weighted by Crippen LogP contribution is -2.09. The van der Waals surface area contributed by atoms with Crippen LogP contribution >= 0.6 is 0 Å². The first-order chi connectivity index (χ1) is 12.6. The molecule has 0 radical (unpaired) electrons. The molecule has 7 heteroatoms. The molecular formula is C19H16N4O3. The van der Waals surface area contributed by atoms with Gasteiger partial charge in [-0.1, -0.05) is 6.07 Å². The molecule has 0 unspecified atom stereocenters. The van der Waals surface area contributed by atoms with Gasteiger partial charge in [0.1, 0.15) is 5.75 Å². The predicted molar refractivity (Wildman–Crippen MR) is 97.5 cm³/mol. The van der Waals surface area contributed by atoms with Gasteiger partial charge < -0.3 is 15.4 Å². The van der Waals surface area contributed by atoms with E-state index >= 15 is 0 Å². The number of esters is 1. The molecule has 0 fully saturated rings. The lowest BCUT2D eigenvalue weighted by molar-refractivity contribution is -0.114. The molecule has 0 bridgehead atoms. The number of amides is 1. The van der Waals surface area contributed by atoms with Gasteiger partial charge in [0.25, 0.3) is 0 Å². The average molecular weight is 348 g/mol. The van der Waals surface area contributed by atoms with Crippen molar-refractivity contribution in [2.45, 2.75) is 6.92 Å². The monoisotopic (exact) mass is 348 g/mol. The van der Waals surface area contributed by atoms with E-state index in [4.69, 9.17) is 4.74 Å². The average Bonchev–Trinajstić information content (AvgIpc) is 2.64. The number of ether oxygens (including phenoxy) is 1. The molecule has 1 amide bonds. The number of rotatable bonds is 5. The fraction of sp³-hybridized carbons (Fsp3) is 0.0526. The van der Waals surface area contributed by atoms with Gasteiger partial charge in [-0.25, -0.2) is 14.8 Å². The molecule has 3 rings (SSSR count). The van der Waals surface area contributed by atoms with Crippen LogP contribution in [0.2, 0.25) is 0 Å². The summed E-state index contributed by atoms with van der Waals surface area (Å²) in [5.74, 6) is 0.164. The van der Waals surface area contributed by atoms with E-state index in [1.54, 1.807) is 67.0 Å². The standard InChI is InChI=1S/C19H16N4O3/c1-13(24)22-15-6-8-17(9-7-15)26-18(25)14-4-2-5-16(12-14)23-19-20-10-3-11-21-19/h2-12H,1H3,(H,22,24)(H,20,21,23). The van der Waals surface area contributed by atoms with Crippen LogP contribution in [0.3, 0.4) is 0 Å². The Morgan fingerprint density at radius 1 is 0.923 bits per heavy atom. The van der Waals surface area contributed by atoms with E-state index in [2.05, 4.69) is 20.6 Å². The van der Waals surface area contributed by atoms with E-state index in [0.717, 1.165) is 0 Å². The third-order valence-electron chi connectivity index (χ3n) is 3.31. The van der Waals surface area contributed by atoms with Crippen molar-refractivity contribution in [3.05, 3.63) is 72.6 Å². The Bertz CT molecular complexity index is 912. The highest BCUT2D eigenvalue weighted by Crippen LogP contribution is 2.19. The fourth-order valence-electron chi connectivity index (χ4n) is 2.19. The molecule has 0 aliphatic heterocycles. The Labute approximate surface area is 150 Å². The maximum atomic E-state index is 12.3. The Hall–Kier alpha value is -3.74. The molecule has 0 saturated carbocycles. The van der Waals surface area contributed by atoms with Crippen LogP contribution in [0.25, 0.3) is 0 Å². The van der Waals surface area contributed by atoms with Gasteiger partial charge in [-0.3, -0.25) is 4.79 Å². The van der Waals surface area contributed by atoms with Gasteiger partial charge in [-0.15, -0.1) is 0 Å². The lowest BCUT2D eigenvalue weighted by Gasteiger charge is -2.08. The van der Waals surface area contributed by atoms with E-state index in [9.17, 15) is 9.59 Å². The van der Waals surface area contributed by atoms with Gasteiger partial charge in [-0.2, -0.15) is 0 Å². The summed E-state index contributed by atoms with van der Waals surface area (Å²) in [7, 11) is 0. The molecule has 0 atom stereocenters. The molecule has 0 aliphatic carbocycles. The van der Waals surface area contributed by atoms with Gasteiger partial charge in [-0.05, 0) is 48.5 Å². The molecular weight excluding hydrogens is 332 g/mol. The summed E-state index contributed by atoms with van der Waals surface area (Å²) >= 11 is 0. The van der Waals surface area contributed by atoms with Crippen molar-refractivity contribution in [2.75, 3.05) is 10.6 Å². The Balaban J connectivity index is 1.68. The van der Waals surface area contributed by atoms with Crippen molar-refractivity contribution in [3.63, 3.8) is 0 Å². The Kier molecular flexibility index (Phi) is 5.19. The van der Waals surface area contributed by atoms with Crippen LogP contribution in [-0.4, -0.2) is 21.8 Å². The van der Waals surface area contributed by atoms with Crippen molar-refractivity contribution in [1.29, 1.82) is 0 Å². The number of hydrogen-bond acceptors (Lipinski definition) is 6. The highest BCUT2D eigenvalue weighted by molar-refractivity contribution is 5.92. The summed E-state index contributed by atoms with van der Waals surface area (Å²) in [6.07, 6.45) is 3.25. The fourth-order valence-corrected chi connectivity index (χ4v) is 2.19. The number of anilines is 3. The first-order valence-corrected chi connectivity index (χ1v) is 7.84. The quantitative estimate of drug-likeness (QED) is 0.542. The molecule has 0 aliphatic rings. The van der Waals surface area contributed by atoms with E-state index in [1.165, 1.54) is 6.92 Å². The molecule has 0 spiro atoms. The largest absolute Gasteiger partial charge is 0.423 e. The summed E-state index contributed by atoms with van der Waals surface area (Å²) in [5, 5.41) is 5.67. The minimum Gasteiger partial charge on any atom is -0.423 e. The third-order valence-corrected chi connectivity index (χ3v) is 3.31. The first-order valence-electron chi connectivity index (χ1n) is 7.84. The number of hydrogen-bond donors (Lipinski definition) is 2. The summed E-state index contributed by atoms with van der Waals surface area (Å²) in [5.41, 5.74) is 1.69. The first kappa shape index (κ1) is 17.1. The second-order valence-electron chi connectivity index (χ2n) is 5.37. The van der Waals surface area contributed by atoms with Crippen LogP contribution in [0.15, 0.2) is 67.0 Å². The van der Waals surface area contributed by atoms with Gasteiger partial charge in [0, 0.05) is 30.7 Å². The Morgan fingerprint density at radius 3 is 2.35 bits per heavy atom. The minimum atomic E-state index is -0.491. The number of carbonyl (C=O) groups excluding carboxylic acids is 2. The molecule has 130 valence electrons. The molecule has 2 N–H and O–H groups in total. The van der Waals surface area contributed by atoms with Gasteiger partial charge in [0.2, 0.25) is 11.9 Å². The zero-order valence-corrected chi connectivity index (χ0v) is 14.0. The Morgan fingerprint density at radius 2 is 1.65 bits per heavy atom. The normalized spacial score (nSPS) is 10.0.